The maximum atomic E-state index is 12.9. The molecule has 0 aliphatic carbocycles. The average molecular weight is 389 g/mol. The molecule has 150 valence electrons. The third kappa shape index (κ3) is 4.72. The lowest BCUT2D eigenvalue weighted by Crippen LogP contribution is -2.30. The number of nitrogens with zero attached hydrogens (tertiary/aromatic N) is 3. The summed E-state index contributed by atoms with van der Waals surface area (Å²) in [6, 6.07) is 13.1. The van der Waals surface area contributed by atoms with E-state index in [0.717, 1.165) is 41.1 Å². The van der Waals surface area contributed by atoms with Crippen LogP contribution in [0.2, 0.25) is 0 Å². The van der Waals surface area contributed by atoms with Gasteiger partial charge in [-0.15, -0.1) is 0 Å². The Bertz CT molecular complexity index is 996. The standard InChI is InChI=1S/C24H27N3O2/c1-24(2)13-18-11-23(29-5)19(15-27(3)4)10-20(18)21(26-24)12-22(28)17-8-6-16(14-25)7-9-17/h6-11H,12-13,15H2,1-5H3. The number of ether oxygens (including phenoxy) is 1. The molecule has 0 fully saturated rings. The summed E-state index contributed by atoms with van der Waals surface area (Å²) < 4.78 is 5.63. The molecule has 3 rings (SSSR count). The summed E-state index contributed by atoms with van der Waals surface area (Å²) in [5.74, 6) is 0.870. The van der Waals surface area contributed by atoms with Gasteiger partial charge in [-0.2, -0.15) is 5.26 Å². The Morgan fingerprint density at radius 2 is 1.93 bits per heavy atom. The second-order valence-corrected chi connectivity index (χ2v) is 8.40. The third-order valence-corrected chi connectivity index (χ3v) is 5.03. The van der Waals surface area contributed by atoms with Crippen LogP contribution in [0.5, 0.6) is 5.75 Å². The Hall–Kier alpha value is -2.97. The van der Waals surface area contributed by atoms with Crippen molar-refractivity contribution in [1.29, 1.82) is 5.26 Å². The summed E-state index contributed by atoms with van der Waals surface area (Å²) in [5.41, 5.74) is 4.95. The molecular formula is C24H27N3O2. The number of carbonyl (C=O) groups excluding carboxylic acids is 1. The normalized spacial score (nSPS) is 14.7. The van der Waals surface area contributed by atoms with E-state index in [1.165, 1.54) is 0 Å². The van der Waals surface area contributed by atoms with Gasteiger partial charge in [0.15, 0.2) is 5.78 Å². The Balaban J connectivity index is 1.98. The molecule has 0 unspecified atom stereocenters. The van der Waals surface area contributed by atoms with Crippen molar-refractivity contribution in [3.63, 3.8) is 0 Å². The summed E-state index contributed by atoms with van der Waals surface area (Å²) in [6.45, 7) is 4.92. The van der Waals surface area contributed by atoms with Gasteiger partial charge < -0.3 is 9.64 Å². The zero-order valence-electron chi connectivity index (χ0n) is 17.7. The van der Waals surface area contributed by atoms with Crippen LogP contribution in [0.4, 0.5) is 0 Å². The molecule has 0 aromatic heterocycles. The van der Waals surface area contributed by atoms with E-state index in [2.05, 4.69) is 36.9 Å². The van der Waals surface area contributed by atoms with Crippen molar-refractivity contribution in [3.05, 3.63) is 64.2 Å². The molecule has 5 heteroatoms. The molecule has 2 aromatic carbocycles. The Morgan fingerprint density at radius 3 is 2.52 bits per heavy atom. The Labute approximate surface area is 172 Å². The van der Waals surface area contributed by atoms with Gasteiger partial charge >= 0.3 is 0 Å². The van der Waals surface area contributed by atoms with Gasteiger partial charge in [0.25, 0.3) is 0 Å². The lowest BCUT2D eigenvalue weighted by atomic mass is 9.84. The number of rotatable bonds is 6. The van der Waals surface area contributed by atoms with E-state index in [9.17, 15) is 4.79 Å². The predicted molar refractivity (Wildman–Crippen MR) is 115 cm³/mol. The number of aliphatic imine (C=N–C) groups is 1. The SMILES string of the molecule is COc1cc2c(cc1CN(C)C)C(CC(=O)c1ccc(C#N)cc1)=NC(C)(C)C2. The molecular weight excluding hydrogens is 362 g/mol. The van der Waals surface area contributed by atoms with Crippen LogP contribution in [-0.4, -0.2) is 43.1 Å². The summed E-state index contributed by atoms with van der Waals surface area (Å²) in [7, 11) is 5.73. The highest BCUT2D eigenvalue weighted by Gasteiger charge is 2.29. The average Bonchev–Trinajstić information content (AvgIpc) is 2.67. The first-order chi connectivity index (χ1) is 13.7. The maximum Gasteiger partial charge on any atom is 0.168 e. The minimum atomic E-state index is -0.276. The fraction of sp³-hybridized carbons (Fsp3) is 0.375. The monoisotopic (exact) mass is 389 g/mol. The van der Waals surface area contributed by atoms with Crippen LogP contribution in [0.1, 0.15) is 52.9 Å². The van der Waals surface area contributed by atoms with Gasteiger partial charge in [-0.25, -0.2) is 0 Å². The van der Waals surface area contributed by atoms with Crippen LogP contribution in [0, 0.1) is 11.3 Å². The van der Waals surface area contributed by atoms with Gasteiger partial charge in [-0.1, -0.05) is 12.1 Å². The molecule has 0 saturated heterocycles. The highest BCUT2D eigenvalue weighted by atomic mass is 16.5. The molecule has 0 saturated carbocycles. The molecule has 29 heavy (non-hydrogen) atoms. The minimum Gasteiger partial charge on any atom is -0.496 e. The number of ketones is 1. The molecule has 0 bridgehead atoms. The molecule has 0 N–H and O–H groups in total. The number of hydrogen-bond donors (Lipinski definition) is 0. The van der Waals surface area contributed by atoms with Gasteiger partial charge in [0.1, 0.15) is 5.75 Å². The topological polar surface area (TPSA) is 65.7 Å². The smallest absolute Gasteiger partial charge is 0.168 e. The van der Waals surface area contributed by atoms with Crippen molar-refractivity contribution in [2.24, 2.45) is 4.99 Å². The van der Waals surface area contributed by atoms with Gasteiger partial charge in [0.05, 0.1) is 36.4 Å². The van der Waals surface area contributed by atoms with E-state index in [4.69, 9.17) is 15.0 Å². The fourth-order valence-corrected chi connectivity index (χ4v) is 3.79. The van der Waals surface area contributed by atoms with Crippen molar-refractivity contribution in [2.75, 3.05) is 21.2 Å². The minimum absolute atomic E-state index is 0.00173. The zero-order chi connectivity index (χ0) is 21.2. The second-order valence-electron chi connectivity index (χ2n) is 8.40. The number of carbonyl (C=O) groups is 1. The highest BCUT2D eigenvalue weighted by molar-refractivity contribution is 6.17. The van der Waals surface area contributed by atoms with Crippen LogP contribution >= 0.6 is 0 Å². The van der Waals surface area contributed by atoms with Crippen LogP contribution in [0.15, 0.2) is 41.4 Å². The summed E-state index contributed by atoms with van der Waals surface area (Å²) in [6.07, 6.45) is 1.03. The van der Waals surface area contributed by atoms with Gasteiger partial charge in [-0.05, 0) is 69.8 Å². The molecule has 2 aromatic rings. The van der Waals surface area contributed by atoms with Gasteiger partial charge in [0.2, 0.25) is 0 Å². The number of methoxy groups -OCH3 is 1. The summed E-state index contributed by atoms with van der Waals surface area (Å²) in [4.78, 5) is 19.9. The van der Waals surface area contributed by atoms with Crippen LogP contribution in [-0.2, 0) is 13.0 Å². The number of benzene rings is 2. The molecule has 0 amide bonds. The molecule has 1 heterocycles. The van der Waals surface area contributed by atoms with Crippen LogP contribution < -0.4 is 4.74 Å². The molecule has 0 atom stereocenters. The first kappa shape index (κ1) is 20.8. The number of hydrogen-bond acceptors (Lipinski definition) is 5. The van der Waals surface area contributed by atoms with E-state index in [1.807, 2.05) is 14.1 Å². The number of fused-ring (bicyclic) bond motifs is 1. The first-order valence-corrected chi connectivity index (χ1v) is 9.69. The Kier molecular flexibility index (Phi) is 5.86. The third-order valence-electron chi connectivity index (χ3n) is 5.03. The molecule has 1 aliphatic heterocycles. The van der Waals surface area contributed by atoms with Crippen molar-refractivity contribution in [3.8, 4) is 11.8 Å². The maximum absolute atomic E-state index is 12.9. The van der Waals surface area contributed by atoms with Crippen molar-refractivity contribution >= 4 is 11.5 Å². The van der Waals surface area contributed by atoms with Gasteiger partial charge in [0, 0.05) is 17.7 Å². The van der Waals surface area contributed by atoms with E-state index >= 15 is 0 Å². The number of Topliss-reactive ketones (excluding diaryl/α,β-unsaturated/α-hetero) is 1. The zero-order valence-corrected chi connectivity index (χ0v) is 17.7. The summed E-state index contributed by atoms with van der Waals surface area (Å²) in [5, 5.41) is 8.96. The molecule has 0 spiro atoms. The van der Waals surface area contributed by atoms with Crippen LogP contribution in [0.3, 0.4) is 0 Å². The predicted octanol–water partition coefficient (Wildman–Crippen LogP) is 4.03. The van der Waals surface area contributed by atoms with Crippen molar-refractivity contribution in [1.82, 2.24) is 4.90 Å². The number of nitriles is 1. The Morgan fingerprint density at radius 1 is 1.24 bits per heavy atom. The second kappa shape index (κ2) is 8.18. The van der Waals surface area contributed by atoms with E-state index in [-0.39, 0.29) is 17.7 Å². The molecule has 0 radical (unpaired) electrons. The molecule has 5 nitrogen and oxygen atoms in total. The fourth-order valence-electron chi connectivity index (χ4n) is 3.79. The largest absolute Gasteiger partial charge is 0.496 e. The quantitative estimate of drug-likeness (QED) is 0.700. The molecule has 1 aliphatic rings. The lowest BCUT2D eigenvalue weighted by Gasteiger charge is -2.30. The van der Waals surface area contributed by atoms with Crippen LogP contribution in [0.25, 0.3) is 0 Å². The van der Waals surface area contributed by atoms with E-state index < -0.39 is 0 Å². The van der Waals surface area contributed by atoms with Gasteiger partial charge in [-0.3, -0.25) is 9.79 Å². The van der Waals surface area contributed by atoms with Crippen molar-refractivity contribution < 1.29 is 9.53 Å². The van der Waals surface area contributed by atoms with E-state index in [1.54, 1.807) is 31.4 Å². The van der Waals surface area contributed by atoms with Crippen molar-refractivity contribution in [2.45, 2.75) is 38.8 Å². The first-order valence-electron chi connectivity index (χ1n) is 9.69. The summed E-state index contributed by atoms with van der Waals surface area (Å²) >= 11 is 0. The lowest BCUT2D eigenvalue weighted by molar-refractivity contribution is 0.100. The highest BCUT2D eigenvalue weighted by Crippen LogP contribution is 2.33. The van der Waals surface area contributed by atoms with E-state index in [0.29, 0.717) is 11.1 Å².